The number of ether oxygens (including phenoxy) is 1. The number of aromatic nitrogens is 1. The monoisotopic (exact) mass is 401 g/mol. The van der Waals surface area contributed by atoms with Gasteiger partial charge in [0, 0.05) is 44.1 Å². The fourth-order valence-corrected chi connectivity index (χ4v) is 4.15. The van der Waals surface area contributed by atoms with E-state index in [-0.39, 0.29) is 0 Å². The predicted molar refractivity (Wildman–Crippen MR) is 116 cm³/mol. The molecule has 6 nitrogen and oxygen atoms in total. The van der Waals surface area contributed by atoms with Crippen LogP contribution in [0.3, 0.4) is 0 Å². The van der Waals surface area contributed by atoms with E-state index in [2.05, 4.69) is 40.9 Å². The average Bonchev–Trinajstić information content (AvgIpc) is 3.04. The van der Waals surface area contributed by atoms with Gasteiger partial charge in [-0.25, -0.2) is 9.98 Å². The van der Waals surface area contributed by atoms with E-state index in [0.717, 1.165) is 68.3 Å². The summed E-state index contributed by atoms with van der Waals surface area (Å²) in [7, 11) is 0. The van der Waals surface area contributed by atoms with Crippen molar-refractivity contribution in [3.05, 3.63) is 45.9 Å². The summed E-state index contributed by atoms with van der Waals surface area (Å²) in [5.74, 6) is 1.95. The van der Waals surface area contributed by atoms with Crippen LogP contribution in [-0.4, -0.2) is 66.6 Å². The number of hydrogen-bond acceptors (Lipinski definition) is 5. The van der Waals surface area contributed by atoms with Crippen LogP contribution in [0.1, 0.15) is 22.5 Å². The van der Waals surface area contributed by atoms with Gasteiger partial charge in [-0.05, 0) is 32.9 Å². The molecule has 0 bridgehead atoms. The highest BCUT2D eigenvalue weighted by Gasteiger charge is 2.19. The van der Waals surface area contributed by atoms with E-state index in [4.69, 9.17) is 9.73 Å². The molecule has 2 heterocycles. The normalized spacial score (nSPS) is 15.7. The van der Waals surface area contributed by atoms with Crippen molar-refractivity contribution in [3.63, 3.8) is 0 Å². The molecule has 7 heteroatoms. The Bertz CT molecular complexity index is 753. The third kappa shape index (κ3) is 5.94. The van der Waals surface area contributed by atoms with Gasteiger partial charge in [0.05, 0.1) is 17.2 Å². The maximum absolute atomic E-state index is 5.83. The summed E-state index contributed by atoms with van der Waals surface area (Å²) in [4.78, 5) is 15.4. The number of rotatable bonds is 7. The molecule has 3 rings (SSSR count). The Hall–Kier alpha value is -2.12. The summed E-state index contributed by atoms with van der Waals surface area (Å²) < 4.78 is 5.83. The molecule has 1 saturated heterocycles. The number of benzene rings is 1. The average molecular weight is 402 g/mol. The first-order chi connectivity index (χ1) is 13.7. The highest BCUT2D eigenvalue weighted by Crippen LogP contribution is 2.18. The van der Waals surface area contributed by atoms with Crippen molar-refractivity contribution in [3.8, 4) is 5.75 Å². The fourth-order valence-electron chi connectivity index (χ4n) is 3.29. The van der Waals surface area contributed by atoms with Crippen LogP contribution in [0, 0.1) is 13.8 Å². The molecule has 28 heavy (non-hydrogen) atoms. The van der Waals surface area contributed by atoms with Gasteiger partial charge in [-0.15, -0.1) is 11.3 Å². The Morgan fingerprint density at radius 2 is 1.93 bits per heavy atom. The third-order valence-corrected chi connectivity index (χ3v) is 5.86. The van der Waals surface area contributed by atoms with Gasteiger partial charge < -0.3 is 15.0 Å². The zero-order valence-corrected chi connectivity index (χ0v) is 18.0. The van der Waals surface area contributed by atoms with Crippen molar-refractivity contribution in [1.29, 1.82) is 0 Å². The molecule has 0 spiro atoms. The molecule has 0 saturated carbocycles. The minimum Gasteiger partial charge on any atom is -0.492 e. The highest BCUT2D eigenvalue weighted by atomic mass is 32.1. The molecule has 0 amide bonds. The molecule has 0 unspecified atom stereocenters. The zero-order chi connectivity index (χ0) is 19.8. The van der Waals surface area contributed by atoms with E-state index in [0.29, 0.717) is 6.54 Å². The van der Waals surface area contributed by atoms with Crippen LogP contribution >= 0.6 is 11.3 Å². The molecule has 0 atom stereocenters. The topological polar surface area (TPSA) is 53.0 Å². The van der Waals surface area contributed by atoms with Gasteiger partial charge in [0.25, 0.3) is 0 Å². The van der Waals surface area contributed by atoms with Crippen LogP contribution in [-0.2, 0) is 6.54 Å². The second kappa shape index (κ2) is 10.4. The maximum Gasteiger partial charge on any atom is 0.194 e. The van der Waals surface area contributed by atoms with Crippen LogP contribution < -0.4 is 10.1 Å². The van der Waals surface area contributed by atoms with Crippen molar-refractivity contribution >= 4 is 17.3 Å². The second-order valence-electron chi connectivity index (χ2n) is 6.90. The number of thiazole rings is 1. The largest absolute Gasteiger partial charge is 0.492 e. The molecular formula is C21H31N5OS. The Labute approximate surface area is 172 Å². The summed E-state index contributed by atoms with van der Waals surface area (Å²) in [5.41, 5.74) is 1.10. The number of aryl methyl sites for hydroxylation is 2. The van der Waals surface area contributed by atoms with Crippen LogP contribution in [0.25, 0.3) is 0 Å². The van der Waals surface area contributed by atoms with Crippen molar-refractivity contribution in [2.75, 3.05) is 45.9 Å². The molecule has 0 radical (unpaired) electrons. The molecular weight excluding hydrogens is 370 g/mol. The number of aliphatic imine (C=N–C) groups is 1. The number of guanidine groups is 1. The summed E-state index contributed by atoms with van der Waals surface area (Å²) >= 11 is 1.74. The van der Waals surface area contributed by atoms with Gasteiger partial charge in [-0.2, -0.15) is 0 Å². The van der Waals surface area contributed by atoms with Crippen LogP contribution in [0.15, 0.2) is 35.3 Å². The third-order valence-electron chi connectivity index (χ3n) is 4.80. The lowest BCUT2D eigenvalue weighted by Crippen LogP contribution is -2.53. The van der Waals surface area contributed by atoms with E-state index in [1.54, 1.807) is 11.3 Å². The number of nitrogens with zero attached hydrogens (tertiary/aromatic N) is 4. The van der Waals surface area contributed by atoms with E-state index in [9.17, 15) is 0 Å². The van der Waals surface area contributed by atoms with E-state index >= 15 is 0 Å². The fraction of sp³-hybridized carbons (Fsp3) is 0.524. The van der Waals surface area contributed by atoms with Crippen LogP contribution in [0.4, 0.5) is 0 Å². The molecule has 1 fully saturated rings. The smallest absolute Gasteiger partial charge is 0.194 e. The zero-order valence-electron chi connectivity index (χ0n) is 17.1. The van der Waals surface area contributed by atoms with Gasteiger partial charge in [0.1, 0.15) is 12.4 Å². The second-order valence-corrected chi connectivity index (χ2v) is 8.19. The van der Waals surface area contributed by atoms with Crippen molar-refractivity contribution < 1.29 is 4.74 Å². The van der Waals surface area contributed by atoms with Gasteiger partial charge in [0.2, 0.25) is 0 Å². The van der Waals surface area contributed by atoms with Crippen LogP contribution in [0.5, 0.6) is 5.75 Å². The Morgan fingerprint density at radius 3 is 2.57 bits per heavy atom. The van der Waals surface area contributed by atoms with Crippen molar-refractivity contribution in [1.82, 2.24) is 20.1 Å². The molecule has 1 aromatic carbocycles. The summed E-state index contributed by atoms with van der Waals surface area (Å²) in [6, 6.07) is 10.0. The lowest BCUT2D eigenvalue weighted by molar-refractivity contribution is 0.152. The molecule has 2 aromatic rings. The van der Waals surface area contributed by atoms with Gasteiger partial charge >= 0.3 is 0 Å². The lowest BCUT2D eigenvalue weighted by atomic mass is 10.3. The Kier molecular flexibility index (Phi) is 7.68. The maximum atomic E-state index is 5.83. The summed E-state index contributed by atoms with van der Waals surface area (Å²) in [6.45, 7) is 13.5. The summed E-state index contributed by atoms with van der Waals surface area (Å²) in [5, 5.41) is 4.56. The van der Waals surface area contributed by atoms with Gasteiger partial charge in [-0.3, -0.25) is 4.90 Å². The number of piperazine rings is 1. The van der Waals surface area contributed by atoms with E-state index in [1.165, 1.54) is 4.88 Å². The predicted octanol–water partition coefficient (Wildman–Crippen LogP) is 2.92. The molecule has 1 N–H and O–H groups in total. The number of hydrogen-bond donors (Lipinski definition) is 1. The Balaban J connectivity index is 1.47. The van der Waals surface area contributed by atoms with Gasteiger partial charge in [-0.1, -0.05) is 18.2 Å². The summed E-state index contributed by atoms with van der Waals surface area (Å²) in [6.07, 6.45) is 0. The molecule has 152 valence electrons. The van der Waals surface area contributed by atoms with Gasteiger partial charge in [0.15, 0.2) is 5.96 Å². The standard InChI is InChI=1S/C21H31N5OS/c1-4-22-21(23-16-20-17(2)24-18(3)28-20)26-12-10-25(11-13-26)14-15-27-19-8-6-5-7-9-19/h5-9H,4,10-16H2,1-3H3,(H,22,23). The lowest BCUT2D eigenvalue weighted by Gasteiger charge is -2.36. The first kappa shape index (κ1) is 20.6. The molecule has 1 aliphatic rings. The number of para-hydroxylation sites is 1. The Morgan fingerprint density at radius 1 is 1.18 bits per heavy atom. The van der Waals surface area contributed by atoms with Crippen LogP contribution in [0.2, 0.25) is 0 Å². The molecule has 1 aliphatic heterocycles. The molecule has 0 aliphatic carbocycles. The minimum absolute atomic E-state index is 0.699. The minimum atomic E-state index is 0.699. The first-order valence-electron chi connectivity index (χ1n) is 10.0. The number of nitrogens with one attached hydrogen (secondary N) is 1. The quantitative estimate of drug-likeness (QED) is 0.571. The first-order valence-corrected chi connectivity index (χ1v) is 10.8. The van der Waals surface area contributed by atoms with Crippen molar-refractivity contribution in [2.45, 2.75) is 27.3 Å². The SMILES string of the molecule is CCNC(=NCc1sc(C)nc1C)N1CCN(CCOc2ccccc2)CC1. The van der Waals surface area contributed by atoms with E-state index in [1.807, 2.05) is 30.3 Å². The van der Waals surface area contributed by atoms with Crippen molar-refractivity contribution in [2.24, 2.45) is 4.99 Å². The molecule has 1 aromatic heterocycles. The van der Waals surface area contributed by atoms with E-state index < -0.39 is 0 Å². The highest BCUT2D eigenvalue weighted by molar-refractivity contribution is 7.11.